The first-order valence-electron chi connectivity index (χ1n) is 24.6. The molecule has 0 spiro atoms. The van der Waals surface area contributed by atoms with Gasteiger partial charge in [0, 0.05) is 85.8 Å². The smallest absolute Gasteiger partial charge is 0.307 e. The zero-order valence-electron chi connectivity index (χ0n) is 42.5. The number of carbonyl (C=O) groups is 3. The maximum absolute atomic E-state index is 15.0. The van der Waals surface area contributed by atoms with Crippen molar-refractivity contribution in [3.63, 3.8) is 0 Å². The van der Waals surface area contributed by atoms with Gasteiger partial charge < -0.3 is 49.3 Å². The SMILES string of the molecule is C/C1=C/C=C/[C@H](C)[C@H](OC(=O)CCC(=O)O)[C@@H](C)[C@@H](O)[C@@H](C)[C@H](C)[C@H](C)[C@@H](C)/C=C/O[C@@]2(C)Oc3c(C)c(O)c4c(=O)c(c5oc6cc(N7CCN(CC(C)C)CC7)cc(=O)c6nc5c4c3=C2O)NC1=O. The summed E-state index contributed by atoms with van der Waals surface area (Å²) in [5, 5.41) is 47.5. The number of amides is 1. The summed E-state index contributed by atoms with van der Waals surface area (Å²) in [4.78, 5) is 76.8. The van der Waals surface area contributed by atoms with Crippen molar-refractivity contribution in [1.29, 1.82) is 0 Å². The van der Waals surface area contributed by atoms with Gasteiger partial charge in [-0.2, -0.15) is 0 Å². The molecule has 5 bridgehead atoms. The zero-order valence-corrected chi connectivity index (χ0v) is 42.5. The number of allylic oxidation sites excluding steroid dienone is 3. The fourth-order valence-electron chi connectivity index (χ4n) is 10.1. The number of nitrogens with one attached hydrogen (secondary N) is 1. The summed E-state index contributed by atoms with van der Waals surface area (Å²) < 4.78 is 25.0. The minimum absolute atomic E-state index is 0.000224. The number of carboxylic acid groups (broad SMARTS) is 1. The average Bonchev–Trinajstić information content (AvgIpc) is 3.59. The van der Waals surface area contributed by atoms with Crippen LogP contribution in [0.2, 0.25) is 0 Å². The summed E-state index contributed by atoms with van der Waals surface area (Å²) in [6.07, 6.45) is 5.33. The fourth-order valence-corrected chi connectivity index (χ4v) is 10.1. The Balaban J connectivity index is 1.42. The van der Waals surface area contributed by atoms with Gasteiger partial charge in [0.2, 0.25) is 10.9 Å². The standard InChI is InChI=1S/C54H68N4O13/c1-26(2)25-57-18-20-58(21-19-57)35-23-36(59)43-37(24-35)69-51-44(55-43)40-41-47(64)34(10)50-42(40)52(66)54(11,71-50)68-22-17-27(3)30(6)31(7)32(8)46(63)33(9)49(70-39(62)16-15-38(60)61)28(4)13-12-14-29(5)53(67)56-45(51)48(41)65/h12-14,17,22-24,26-28,30-33,46,49,63-64,66H,15-16,18-21,25H2,1-11H3,(H,56,67)(H,60,61)/b13-12+,22-17+,29-14-/t27-,28-,30+,31+,32-,33-,46-,49-,54-/m0/s1. The third kappa shape index (κ3) is 10.3. The van der Waals surface area contributed by atoms with Crippen LogP contribution in [0.1, 0.15) is 87.6 Å². The Kier molecular flexibility index (Phi) is 15.3. The third-order valence-electron chi connectivity index (χ3n) is 15.0. The second kappa shape index (κ2) is 20.7. The second-order valence-electron chi connectivity index (χ2n) is 20.5. The quantitative estimate of drug-likeness (QED) is 0.0706. The van der Waals surface area contributed by atoms with Gasteiger partial charge in [-0.05, 0) is 49.5 Å². The maximum Gasteiger partial charge on any atom is 0.307 e. The number of carbonyl (C=O) groups excluding carboxylic acids is 2. The Hall–Kier alpha value is -6.46. The van der Waals surface area contributed by atoms with Crippen LogP contribution in [0.25, 0.3) is 38.7 Å². The number of hydrogen-bond acceptors (Lipinski definition) is 15. The molecule has 0 saturated carbocycles. The molecule has 0 aliphatic carbocycles. The molecule has 1 fully saturated rings. The zero-order chi connectivity index (χ0) is 52.0. The fraction of sp³-hybridized carbons (Fsp3) is 0.519. The number of nitrogens with zero attached hydrogens (tertiary/aromatic N) is 3. The Morgan fingerprint density at radius 1 is 0.901 bits per heavy atom. The number of aromatic nitrogens is 1. The molecular formula is C54H68N4O13. The number of benzene rings is 3. The number of esters is 1. The molecule has 9 atom stereocenters. The van der Waals surface area contributed by atoms with Crippen LogP contribution in [0, 0.1) is 48.3 Å². The summed E-state index contributed by atoms with van der Waals surface area (Å²) >= 11 is 0. The first-order chi connectivity index (χ1) is 33.4. The predicted octanol–water partition coefficient (Wildman–Crippen LogP) is 7.08. The van der Waals surface area contributed by atoms with Crippen LogP contribution in [0.5, 0.6) is 11.5 Å². The van der Waals surface area contributed by atoms with Crippen molar-refractivity contribution in [1.82, 2.24) is 9.88 Å². The van der Waals surface area contributed by atoms with Gasteiger partial charge in [-0.1, -0.05) is 73.6 Å². The highest BCUT2D eigenvalue weighted by Crippen LogP contribution is 2.43. The van der Waals surface area contributed by atoms with E-state index < -0.39 is 76.5 Å². The number of carboxylic acids is 1. The summed E-state index contributed by atoms with van der Waals surface area (Å²) in [7, 11) is 0. The van der Waals surface area contributed by atoms with E-state index in [1.54, 1.807) is 38.1 Å². The average molecular weight is 981 g/mol. The molecule has 1 amide bonds. The van der Waals surface area contributed by atoms with Gasteiger partial charge in [0.1, 0.15) is 28.8 Å². The van der Waals surface area contributed by atoms with Crippen LogP contribution in [0.4, 0.5) is 11.4 Å². The Morgan fingerprint density at radius 3 is 2.25 bits per heavy atom. The number of aliphatic hydroxyl groups is 2. The van der Waals surface area contributed by atoms with Gasteiger partial charge in [-0.15, -0.1) is 0 Å². The van der Waals surface area contributed by atoms with Crippen molar-refractivity contribution >= 4 is 68.0 Å². The number of ether oxygens (including phenoxy) is 3. The monoisotopic (exact) mass is 980 g/mol. The lowest BCUT2D eigenvalue weighted by atomic mass is 9.72. The lowest BCUT2D eigenvalue weighted by Crippen LogP contribution is -2.47. The number of piperazine rings is 1. The summed E-state index contributed by atoms with van der Waals surface area (Å²) in [5.41, 5.74) is -1.31. The van der Waals surface area contributed by atoms with Crippen LogP contribution >= 0.6 is 0 Å². The van der Waals surface area contributed by atoms with E-state index in [1.807, 2.05) is 27.7 Å². The molecule has 5 heterocycles. The molecule has 5 N–H and O–H groups in total. The van der Waals surface area contributed by atoms with Crippen LogP contribution in [-0.4, -0.2) is 98.9 Å². The van der Waals surface area contributed by atoms with E-state index in [9.17, 15) is 44.4 Å². The van der Waals surface area contributed by atoms with Crippen molar-refractivity contribution in [2.24, 2.45) is 41.4 Å². The molecule has 1 aromatic heterocycles. The number of fused-ring (bicyclic) bond motifs is 14. The summed E-state index contributed by atoms with van der Waals surface area (Å²) in [6.45, 7) is 24.2. The minimum atomic E-state index is -1.89. The largest absolute Gasteiger partial charge is 0.507 e. The lowest BCUT2D eigenvalue weighted by Gasteiger charge is -2.38. The van der Waals surface area contributed by atoms with Crippen molar-refractivity contribution in [2.45, 2.75) is 107 Å². The normalized spacial score (nSPS) is 28.7. The molecule has 17 nitrogen and oxygen atoms in total. The number of rotatable bonds is 7. The molecule has 1 saturated heterocycles. The van der Waals surface area contributed by atoms with Gasteiger partial charge in [0.05, 0.1) is 35.8 Å². The molecule has 71 heavy (non-hydrogen) atoms. The molecule has 4 aliphatic rings. The molecule has 0 radical (unpaired) electrons. The Labute approximate surface area is 412 Å². The van der Waals surface area contributed by atoms with Crippen molar-refractivity contribution < 1.29 is 53.4 Å². The van der Waals surface area contributed by atoms with E-state index in [-0.39, 0.29) is 90.9 Å². The van der Waals surface area contributed by atoms with Crippen LogP contribution < -0.4 is 31.0 Å². The minimum Gasteiger partial charge on any atom is -0.507 e. The highest BCUT2D eigenvalue weighted by atomic mass is 16.7. The highest BCUT2D eigenvalue weighted by Gasteiger charge is 2.44. The van der Waals surface area contributed by atoms with E-state index in [0.29, 0.717) is 24.7 Å². The van der Waals surface area contributed by atoms with Crippen LogP contribution in [-0.2, 0) is 23.9 Å². The molecule has 382 valence electrons. The number of phenols is 1. The van der Waals surface area contributed by atoms with Crippen molar-refractivity contribution in [3.8, 4) is 11.5 Å². The Bertz CT molecular complexity index is 3030. The number of aliphatic carboxylic acids is 1. The number of hydrogen-bond donors (Lipinski definition) is 5. The summed E-state index contributed by atoms with van der Waals surface area (Å²) in [6, 6.07) is 3.17. The van der Waals surface area contributed by atoms with Crippen LogP contribution in [0.15, 0.2) is 62.3 Å². The van der Waals surface area contributed by atoms with E-state index in [4.69, 9.17) is 23.6 Å². The first kappa shape index (κ1) is 52.4. The van der Waals surface area contributed by atoms with Gasteiger partial charge in [-0.3, -0.25) is 28.9 Å². The lowest BCUT2D eigenvalue weighted by molar-refractivity contribution is -0.159. The number of aliphatic hydroxyl groups excluding tert-OH is 2. The molecular weight excluding hydrogens is 913 g/mol. The predicted molar refractivity (Wildman–Crippen MR) is 271 cm³/mol. The third-order valence-corrected chi connectivity index (χ3v) is 15.0. The molecule has 4 aromatic rings. The Morgan fingerprint density at radius 2 is 1.59 bits per heavy atom. The van der Waals surface area contributed by atoms with Gasteiger partial charge >= 0.3 is 17.7 Å². The maximum atomic E-state index is 15.0. The molecule has 17 heteroatoms. The summed E-state index contributed by atoms with van der Waals surface area (Å²) in [5.74, 6) is -6.77. The second-order valence-corrected chi connectivity index (χ2v) is 20.5. The molecule has 4 aliphatic heterocycles. The van der Waals surface area contributed by atoms with Crippen LogP contribution in [0.3, 0.4) is 0 Å². The molecule has 0 unspecified atom stereocenters. The van der Waals surface area contributed by atoms with Crippen molar-refractivity contribution in [2.75, 3.05) is 42.9 Å². The molecule has 3 aromatic carbocycles. The number of anilines is 2. The number of aromatic hydroxyl groups is 1. The van der Waals surface area contributed by atoms with E-state index in [2.05, 4.69) is 29.0 Å². The van der Waals surface area contributed by atoms with Gasteiger partial charge in [-0.25, -0.2) is 4.98 Å². The topological polar surface area (TPSA) is 238 Å². The van der Waals surface area contributed by atoms with Crippen molar-refractivity contribution in [3.05, 3.63) is 79.5 Å². The van der Waals surface area contributed by atoms with E-state index in [0.717, 1.165) is 19.6 Å². The highest BCUT2D eigenvalue weighted by molar-refractivity contribution is 6.17. The van der Waals surface area contributed by atoms with Gasteiger partial charge in [0.25, 0.3) is 5.91 Å². The number of phenolic OH excluding ortho intramolecular Hbond substituents is 1. The van der Waals surface area contributed by atoms with E-state index >= 15 is 0 Å². The first-order valence-corrected chi connectivity index (χ1v) is 24.6. The van der Waals surface area contributed by atoms with E-state index in [1.165, 1.54) is 39.2 Å². The van der Waals surface area contributed by atoms with Gasteiger partial charge in [0.15, 0.2) is 22.4 Å². The molecule has 8 rings (SSSR count).